The Balaban J connectivity index is 0.00000132. The maximum Gasteiger partial charge on any atom is 0.239 e. The molecular formula is C16H25Cl2N3O2. The van der Waals surface area contributed by atoms with Gasteiger partial charge in [0, 0.05) is 19.3 Å². The standard InChI is InChI=1S/C16H23N3O2.2ClH/c1-12-4-5-14(18-11-12)16(21)6-9-19(10-7-16)15(20)13-3-2-8-17-13;;/h4-5,11,13,17,21H,2-3,6-10H2,1H3;2*1H/t13-;;/m1../s1. The third-order valence-electron chi connectivity index (χ3n) is 4.65. The van der Waals surface area contributed by atoms with E-state index in [1.165, 1.54) is 0 Å². The van der Waals surface area contributed by atoms with Gasteiger partial charge in [-0.2, -0.15) is 0 Å². The molecule has 0 spiro atoms. The Morgan fingerprint density at radius 1 is 1.35 bits per heavy atom. The molecule has 3 rings (SSSR count). The van der Waals surface area contributed by atoms with Gasteiger partial charge in [-0.1, -0.05) is 6.07 Å². The molecule has 1 aromatic rings. The van der Waals surface area contributed by atoms with Gasteiger partial charge in [0.25, 0.3) is 0 Å². The zero-order valence-corrected chi connectivity index (χ0v) is 15.0. The number of pyridine rings is 1. The molecule has 2 fully saturated rings. The Kier molecular flexibility index (Phi) is 7.27. The monoisotopic (exact) mass is 361 g/mol. The molecule has 2 aliphatic heterocycles. The molecule has 2 N–H and O–H groups in total. The average molecular weight is 362 g/mol. The van der Waals surface area contributed by atoms with E-state index in [1.807, 2.05) is 24.0 Å². The molecule has 2 aliphatic rings. The second kappa shape index (κ2) is 8.29. The van der Waals surface area contributed by atoms with Gasteiger partial charge in [-0.15, -0.1) is 24.8 Å². The first-order chi connectivity index (χ1) is 10.1. The molecular weight excluding hydrogens is 337 g/mol. The number of carbonyl (C=O) groups is 1. The number of rotatable bonds is 2. The quantitative estimate of drug-likeness (QED) is 0.842. The van der Waals surface area contributed by atoms with E-state index in [-0.39, 0.29) is 36.8 Å². The van der Waals surface area contributed by atoms with Crippen molar-refractivity contribution in [3.05, 3.63) is 29.6 Å². The van der Waals surface area contributed by atoms with Crippen LogP contribution in [0.1, 0.15) is 36.9 Å². The van der Waals surface area contributed by atoms with E-state index in [9.17, 15) is 9.90 Å². The van der Waals surface area contributed by atoms with Gasteiger partial charge < -0.3 is 15.3 Å². The number of nitrogens with zero attached hydrogens (tertiary/aromatic N) is 2. The van der Waals surface area contributed by atoms with Crippen LogP contribution < -0.4 is 5.32 Å². The number of aliphatic hydroxyl groups is 1. The number of aryl methyl sites for hydroxylation is 1. The van der Waals surface area contributed by atoms with Gasteiger partial charge in [-0.05, 0) is 50.8 Å². The third kappa shape index (κ3) is 4.35. The molecule has 1 amide bonds. The van der Waals surface area contributed by atoms with Gasteiger partial charge >= 0.3 is 0 Å². The molecule has 130 valence electrons. The van der Waals surface area contributed by atoms with Gasteiger partial charge in [-0.25, -0.2) is 0 Å². The van der Waals surface area contributed by atoms with Crippen molar-refractivity contribution in [2.24, 2.45) is 0 Å². The van der Waals surface area contributed by atoms with Crippen LogP contribution in [0.15, 0.2) is 18.3 Å². The Morgan fingerprint density at radius 3 is 2.57 bits per heavy atom. The summed E-state index contributed by atoms with van der Waals surface area (Å²) >= 11 is 0. The smallest absolute Gasteiger partial charge is 0.239 e. The summed E-state index contributed by atoms with van der Waals surface area (Å²) in [4.78, 5) is 18.6. The molecule has 1 aromatic heterocycles. The second-order valence-corrected chi connectivity index (χ2v) is 6.23. The lowest BCUT2D eigenvalue weighted by molar-refractivity contribution is -0.137. The van der Waals surface area contributed by atoms with E-state index >= 15 is 0 Å². The number of halogens is 2. The normalized spacial score (nSPS) is 22.9. The van der Waals surface area contributed by atoms with Crippen LogP contribution >= 0.6 is 24.8 Å². The Hall–Kier alpha value is -0.880. The van der Waals surface area contributed by atoms with E-state index in [1.54, 1.807) is 6.20 Å². The van der Waals surface area contributed by atoms with Crippen LogP contribution in [0.3, 0.4) is 0 Å². The Labute approximate surface area is 149 Å². The fourth-order valence-electron chi connectivity index (χ4n) is 3.21. The molecule has 7 heteroatoms. The molecule has 0 unspecified atom stereocenters. The van der Waals surface area contributed by atoms with E-state index in [2.05, 4.69) is 10.3 Å². The van der Waals surface area contributed by atoms with Crippen LogP contribution in [0.5, 0.6) is 0 Å². The summed E-state index contributed by atoms with van der Waals surface area (Å²) in [5.41, 5.74) is 0.912. The van der Waals surface area contributed by atoms with Gasteiger partial charge in [0.2, 0.25) is 5.91 Å². The number of likely N-dealkylation sites (tertiary alicyclic amines) is 1. The molecule has 5 nitrogen and oxygen atoms in total. The first-order valence-corrected chi connectivity index (χ1v) is 7.76. The highest BCUT2D eigenvalue weighted by atomic mass is 35.5. The highest BCUT2D eigenvalue weighted by Crippen LogP contribution is 2.32. The van der Waals surface area contributed by atoms with E-state index in [0.29, 0.717) is 25.9 Å². The van der Waals surface area contributed by atoms with Crippen molar-refractivity contribution in [1.82, 2.24) is 15.2 Å². The minimum absolute atomic E-state index is 0. The number of piperidine rings is 1. The topological polar surface area (TPSA) is 65.5 Å². The molecule has 0 saturated carbocycles. The molecule has 1 atom stereocenters. The third-order valence-corrected chi connectivity index (χ3v) is 4.65. The van der Waals surface area contributed by atoms with Crippen molar-refractivity contribution in [2.45, 2.75) is 44.2 Å². The molecule has 3 heterocycles. The summed E-state index contributed by atoms with van der Waals surface area (Å²) in [6.07, 6.45) is 4.90. The molecule has 0 bridgehead atoms. The Bertz CT molecular complexity index is 511. The lowest BCUT2D eigenvalue weighted by Crippen LogP contribution is -2.50. The molecule has 0 aromatic carbocycles. The van der Waals surface area contributed by atoms with Crippen LogP contribution in [0, 0.1) is 6.92 Å². The fourth-order valence-corrected chi connectivity index (χ4v) is 3.21. The SMILES string of the molecule is Cc1ccc(C2(O)CCN(C(=O)[C@H]3CCCN3)CC2)nc1.Cl.Cl. The molecule has 2 saturated heterocycles. The largest absolute Gasteiger partial charge is 0.383 e. The van der Waals surface area contributed by atoms with Crippen molar-refractivity contribution >= 4 is 30.7 Å². The molecule has 0 radical (unpaired) electrons. The van der Waals surface area contributed by atoms with Crippen molar-refractivity contribution in [2.75, 3.05) is 19.6 Å². The zero-order valence-electron chi connectivity index (χ0n) is 13.3. The fraction of sp³-hybridized carbons (Fsp3) is 0.625. The maximum atomic E-state index is 12.4. The van der Waals surface area contributed by atoms with E-state index in [0.717, 1.165) is 30.6 Å². The van der Waals surface area contributed by atoms with E-state index < -0.39 is 5.60 Å². The van der Waals surface area contributed by atoms with Gasteiger partial charge in [0.05, 0.1) is 11.7 Å². The molecule has 0 aliphatic carbocycles. The van der Waals surface area contributed by atoms with Crippen LogP contribution in [-0.4, -0.2) is 46.6 Å². The summed E-state index contributed by atoms with van der Waals surface area (Å²) < 4.78 is 0. The number of hydrogen-bond acceptors (Lipinski definition) is 4. The predicted octanol–water partition coefficient (Wildman–Crippen LogP) is 1.80. The van der Waals surface area contributed by atoms with Crippen LogP contribution in [0.25, 0.3) is 0 Å². The minimum atomic E-state index is -0.895. The summed E-state index contributed by atoms with van der Waals surface area (Å²) in [5, 5.41) is 14.0. The van der Waals surface area contributed by atoms with Crippen molar-refractivity contribution in [3.8, 4) is 0 Å². The first-order valence-electron chi connectivity index (χ1n) is 7.76. The van der Waals surface area contributed by atoms with Gasteiger partial charge in [-0.3, -0.25) is 9.78 Å². The summed E-state index contributed by atoms with van der Waals surface area (Å²) in [7, 11) is 0. The molecule has 23 heavy (non-hydrogen) atoms. The summed E-state index contributed by atoms with van der Waals surface area (Å²) in [6, 6.07) is 3.85. The maximum absolute atomic E-state index is 12.4. The summed E-state index contributed by atoms with van der Waals surface area (Å²) in [5.74, 6) is 0.186. The number of amides is 1. The Morgan fingerprint density at radius 2 is 2.04 bits per heavy atom. The van der Waals surface area contributed by atoms with Gasteiger partial charge in [0.1, 0.15) is 5.60 Å². The average Bonchev–Trinajstić information content (AvgIpc) is 3.02. The highest BCUT2D eigenvalue weighted by molar-refractivity contribution is 5.85. The predicted molar refractivity (Wildman–Crippen MR) is 94.2 cm³/mol. The number of nitrogens with one attached hydrogen (secondary N) is 1. The van der Waals surface area contributed by atoms with Gasteiger partial charge in [0.15, 0.2) is 0 Å². The van der Waals surface area contributed by atoms with Crippen molar-refractivity contribution in [3.63, 3.8) is 0 Å². The first kappa shape index (κ1) is 20.2. The summed E-state index contributed by atoms with van der Waals surface area (Å²) in [6.45, 7) is 4.12. The van der Waals surface area contributed by atoms with Crippen LogP contribution in [0.2, 0.25) is 0 Å². The van der Waals surface area contributed by atoms with Crippen LogP contribution in [-0.2, 0) is 10.4 Å². The van der Waals surface area contributed by atoms with Crippen molar-refractivity contribution in [1.29, 1.82) is 0 Å². The number of hydrogen-bond donors (Lipinski definition) is 2. The highest BCUT2D eigenvalue weighted by Gasteiger charge is 2.38. The number of carbonyl (C=O) groups excluding carboxylic acids is 1. The number of aromatic nitrogens is 1. The van der Waals surface area contributed by atoms with Crippen molar-refractivity contribution < 1.29 is 9.90 Å². The van der Waals surface area contributed by atoms with Crippen LogP contribution in [0.4, 0.5) is 0 Å². The van der Waals surface area contributed by atoms with E-state index in [4.69, 9.17) is 0 Å². The lowest BCUT2D eigenvalue weighted by Gasteiger charge is -2.38. The second-order valence-electron chi connectivity index (χ2n) is 6.23. The minimum Gasteiger partial charge on any atom is -0.383 e. The lowest BCUT2D eigenvalue weighted by atomic mass is 9.87. The zero-order chi connectivity index (χ0) is 14.9.